The van der Waals surface area contributed by atoms with Crippen molar-refractivity contribution >= 4 is 11.3 Å². The van der Waals surface area contributed by atoms with Gasteiger partial charge in [0, 0.05) is 24.0 Å². The minimum Gasteiger partial charge on any atom is -0.307 e. The number of nitrogens with zero attached hydrogens (tertiary/aromatic N) is 1. The normalized spacial score (nSPS) is 10.9. The fraction of sp³-hybridized carbons (Fsp3) is 0.211. The van der Waals surface area contributed by atoms with Crippen LogP contribution < -0.4 is 5.32 Å². The van der Waals surface area contributed by atoms with E-state index in [1.165, 1.54) is 11.6 Å². The Morgan fingerprint density at radius 2 is 1.83 bits per heavy atom. The fourth-order valence-electron chi connectivity index (χ4n) is 2.37. The first kappa shape index (κ1) is 15.8. The summed E-state index contributed by atoms with van der Waals surface area (Å²) in [4.78, 5) is 4.67. The topological polar surface area (TPSA) is 24.9 Å². The van der Waals surface area contributed by atoms with Crippen molar-refractivity contribution in [3.05, 3.63) is 76.0 Å². The highest BCUT2D eigenvalue weighted by Gasteiger charge is 2.05. The number of halogens is 1. The van der Waals surface area contributed by atoms with E-state index < -0.39 is 0 Å². The SMILES string of the molecule is Cc1ccc(-c2nc(CNCc3ccc(F)c(C)c3)cs2)cc1. The van der Waals surface area contributed by atoms with Gasteiger partial charge >= 0.3 is 0 Å². The molecule has 0 saturated heterocycles. The van der Waals surface area contributed by atoms with E-state index >= 15 is 0 Å². The van der Waals surface area contributed by atoms with Gasteiger partial charge in [-0.1, -0.05) is 42.0 Å². The number of aryl methyl sites for hydroxylation is 2. The van der Waals surface area contributed by atoms with Gasteiger partial charge < -0.3 is 5.32 Å². The lowest BCUT2D eigenvalue weighted by Crippen LogP contribution is -2.13. The van der Waals surface area contributed by atoms with Crippen molar-refractivity contribution in [2.45, 2.75) is 26.9 Å². The summed E-state index contributed by atoms with van der Waals surface area (Å²) < 4.78 is 13.2. The first-order valence-electron chi connectivity index (χ1n) is 7.59. The van der Waals surface area contributed by atoms with Crippen LogP contribution in [0.3, 0.4) is 0 Å². The van der Waals surface area contributed by atoms with E-state index in [0.29, 0.717) is 18.7 Å². The number of hydrogen-bond donors (Lipinski definition) is 1. The molecule has 0 amide bonds. The largest absolute Gasteiger partial charge is 0.307 e. The molecule has 0 aliphatic carbocycles. The Bertz CT molecular complexity index is 793. The van der Waals surface area contributed by atoms with Crippen LogP contribution in [-0.4, -0.2) is 4.98 Å². The molecule has 0 aliphatic heterocycles. The molecule has 1 N–H and O–H groups in total. The van der Waals surface area contributed by atoms with Crippen LogP contribution in [0.15, 0.2) is 47.8 Å². The molecule has 118 valence electrons. The first-order valence-corrected chi connectivity index (χ1v) is 8.47. The molecule has 4 heteroatoms. The van der Waals surface area contributed by atoms with Crippen molar-refractivity contribution < 1.29 is 4.39 Å². The van der Waals surface area contributed by atoms with Gasteiger partial charge in [0.2, 0.25) is 0 Å². The van der Waals surface area contributed by atoms with Gasteiger partial charge in [0.05, 0.1) is 5.69 Å². The molecule has 3 rings (SSSR count). The average Bonchev–Trinajstić information content (AvgIpc) is 3.00. The third-order valence-corrected chi connectivity index (χ3v) is 4.65. The van der Waals surface area contributed by atoms with Gasteiger partial charge in [-0.15, -0.1) is 11.3 Å². The monoisotopic (exact) mass is 326 g/mol. The molecule has 0 bridgehead atoms. The molecule has 0 saturated carbocycles. The number of thiazole rings is 1. The fourth-order valence-corrected chi connectivity index (χ4v) is 3.19. The van der Waals surface area contributed by atoms with E-state index in [1.54, 1.807) is 18.3 Å². The first-order chi connectivity index (χ1) is 11.1. The highest BCUT2D eigenvalue weighted by atomic mass is 32.1. The van der Waals surface area contributed by atoms with E-state index in [2.05, 4.69) is 46.9 Å². The predicted octanol–water partition coefficient (Wildman–Crippen LogP) is 4.86. The molecule has 0 unspecified atom stereocenters. The molecule has 0 spiro atoms. The van der Waals surface area contributed by atoms with Crippen molar-refractivity contribution in [3.63, 3.8) is 0 Å². The van der Waals surface area contributed by atoms with Crippen LogP contribution in [-0.2, 0) is 13.1 Å². The van der Waals surface area contributed by atoms with E-state index in [0.717, 1.165) is 21.8 Å². The summed E-state index contributed by atoms with van der Waals surface area (Å²) in [6.07, 6.45) is 0. The van der Waals surface area contributed by atoms with E-state index in [9.17, 15) is 4.39 Å². The van der Waals surface area contributed by atoms with Crippen LogP contribution in [0.25, 0.3) is 10.6 Å². The van der Waals surface area contributed by atoms with Crippen LogP contribution >= 0.6 is 11.3 Å². The zero-order valence-corrected chi connectivity index (χ0v) is 14.1. The van der Waals surface area contributed by atoms with Gasteiger partial charge in [0.15, 0.2) is 0 Å². The van der Waals surface area contributed by atoms with Crippen LogP contribution in [0.1, 0.15) is 22.4 Å². The molecule has 0 fully saturated rings. The van der Waals surface area contributed by atoms with Gasteiger partial charge in [0.25, 0.3) is 0 Å². The Balaban J connectivity index is 1.59. The molecule has 1 aromatic heterocycles. The van der Waals surface area contributed by atoms with Gasteiger partial charge in [-0.25, -0.2) is 9.37 Å². The molecule has 0 aliphatic rings. The lowest BCUT2D eigenvalue weighted by molar-refractivity contribution is 0.615. The number of rotatable bonds is 5. The van der Waals surface area contributed by atoms with Crippen molar-refractivity contribution in [3.8, 4) is 10.6 Å². The summed E-state index contributed by atoms with van der Waals surface area (Å²) in [5.74, 6) is -0.156. The Hall–Kier alpha value is -2.04. The zero-order chi connectivity index (χ0) is 16.2. The van der Waals surface area contributed by atoms with E-state index in [-0.39, 0.29) is 5.82 Å². The lowest BCUT2D eigenvalue weighted by atomic mass is 10.1. The summed E-state index contributed by atoms with van der Waals surface area (Å²) in [6.45, 7) is 5.28. The second-order valence-electron chi connectivity index (χ2n) is 5.70. The van der Waals surface area contributed by atoms with Crippen LogP contribution in [0.4, 0.5) is 4.39 Å². The molecule has 0 atom stereocenters. The minimum atomic E-state index is -0.156. The zero-order valence-electron chi connectivity index (χ0n) is 13.3. The third-order valence-electron chi connectivity index (χ3n) is 3.71. The summed E-state index contributed by atoms with van der Waals surface area (Å²) in [6, 6.07) is 13.6. The number of hydrogen-bond acceptors (Lipinski definition) is 3. The van der Waals surface area contributed by atoms with Crippen LogP contribution in [0.5, 0.6) is 0 Å². The predicted molar refractivity (Wildman–Crippen MR) is 94.0 cm³/mol. The quantitative estimate of drug-likeness (QED) is 0.724. The smallest absolute Gasteiger partial charge is 0.126 e. The molecule has 2 nitrogen and oxygen atoms in total. The molecular formula is C19H19FN2S. The Labute approximate surface area is 140 Å². The molecule has 1 heterocycles. The van der Waals surface area contributed by atoms with Crippen molar-refractivity contribution in [1.82, 2.24) is 10.3 Å². The number of aromatic nitrogens is 1. The second kappa shape index (κ2) is 7.02. The summed E-state index contributed by atoms with van der Waals surface area (Å²) >= 11 is 1.66. The second-order valence-corrected chi connectivity index (χ2v) is 6.56. The maximum Gasteiger partial charge on any atom is 0.126 e. The Kier molecular flexibility index (Phi) is 4.84. The van der Waals surface area contributed by atoms with E-state index in [4.69, 9.17) is 0 Å². The molecular weight excluding hydrogens is 307 g/mol. The maximum absolute atomic E-state index is 13.2. The van der Waals surface area contributed by atoms with Crippen molar-refractivity contribution in [1.29, 1.82) is 0 Å². The Morgan fingerprint density at radius 3 is 2.57 bits per heavy atom. The number of benzene rings is 2. The summed E-state index contributed by atoms with van der Waals surface area (Å²) in [5.41, 5.74) is 5.20. The van der Waals surface area contributed by atoms with Gasteiger partial charge in [-0.05, 0) is 31.0 Å². The maximum atomic E-state index is 13.2. The van der Waals surface area contributed by atoms with E-state index in [1.807, 2.05) is 12.1 Å². The Morgan fingerprint density at radius 1 is 1.04 bits per heavy atom. The molecule has 2 aromatic carbocycles. The van der Waals surface area contributed by atoms with Crippen molar-refractivity contribution in [2.75, 3.05) is 0 Å². The minimum absolute atomic E-state index is 0.156. The standard InChI is InChI=1S/C19H19FN2S/c1-13-3-6-16(7-4-13)19-22-17(12-23-19)11-21-10-15-5-8-18(20)14(2)9-15/h3-9,12,21H,10-11H2,1-2H3. The van der Waals surface area contributed by atoms with Gasteiger partial charge in [-0.3, -0.25) is 0 Å². The van der Waals surface area contributed by atoms with Gasteiger partial charge in [-0.2, -0.15) is 0 Å². The number of nitrogens with one attached hydrogen (secondary N) is 1. The van der Waals surface area contributed by atoms with Crippen molar-refractivity contribution in [2.24, 2.45) is 0 Å². The van der Waals surface area contributed by atoms with Gasteiger partial charge in [0.1, 0.15) is 10.8 Å². The third kappa shape index (κ3) is 4.03. The average molecular weight is 326 g/mol. The molecule has 23 heavy (non-hydrogen) atoms. The lowest BCUT2D eigenvalue weighted by Gasteiger charge is -2.05. The highest BCUT2D eigenvalue weighted by Crippen LogP contribution is 2.24. The van der Waals surface area contributed by atoms with Crippen LogP contribution in [0, 0.1) is 19.7 Å². The summed E-state index contributed by atoms with van der Waals surface area (Å²) in [5, 5.41) is 6.48. The molecule has 3 aromatic rings. The molecule has 0 radical (unpaired) electrons. The summed E-state index contributed by atoms with van der Waals surface area (Å²) in [7, 11) is 0. The van der Waals surface area contributed by atoms with Crippen LogP contribution in [0.2, 0.25) is 0 Å². The highest BCUT2D eigenvalue weighted by molar-refractivity contribution is 7.13.